The van der Waals surface area contributed by atoms with Crippen LogP contribution in [0.2, 0.25) is 0 Å². The minimum atomic E-state index is -1.17. The number of carboxylic acids is 1. The van der Waals surface area contributed by atoms with Gasteiger partial charge in [-0.05, 0) is 27.3 Å². The van der Waals surface area contributed by atoms with Crippen molar-refractivity contribution in [1.82, 2.24) is 15.1 Å². The van der Waals surface area contributed by atoms with Crippen molar-refractivity contribution in [3.8, 4) is 0 Å². The van der Waals surface area contributed by atoms with Gasteiger partial charge in [0.25, 0.3) is 5.91 Å². The molecule has 7 nitrogen and oxygen atoms in total. The normalized spacial score (nSPS) is 20.8. The van der Waals surface area contributed by atoms with Crippen LogP contribution in [0.1, 0.15) is 27.2 Å². The molecule has 0 radical (unpaired) electrons. The maximum absolute atomic E-state index is 12.1. The average molecular weight is 297 g/mol. The number of carbonyl (C=O) groups excluding carboxylic acids is 2. The average Bonchev–Trinajstić information content (AvgIpc) is 2.45. The highest BCUT2D eigenvalue weighted by Crippen LogP contribution is 2.11. The number of likely N-dealkylation sites (N-methyl/N-ethyl adjacent to an activating group) is 1. The van der Waals surface area contributed by atoms with Crippen LogP contribution < -0.4 is 5.32 Å². The molecule has 1 fully saturated rings. The molecule has 3 amide bonds. The van der Waals surface area contributed by atoms with Crippen LogP contribution in [0.5, 0.6) is 0 Å². The highest BCUT2D eigenvalue weighted by atomic mass is 16.4. The van der Waals surface area contributed by atoms with Gasteiger partial charge < -0.3 is 10.0 Å². The van der Waals surface area contributed by atoms with E-state index in [4.69, 9.17) is 5.11 Å². The lowest BCUT2D eigenvalue weighted by molar-refractivity contribution is -0.133. The van der Waals surface area contributed by atoms with Gasteiger partial charge in [0.15, 0.2) is 0 Å². The van der Waals surface area contributed by atoms with E-state index in [1.807, 2.05) is 7.05 Å². The molecular weight excluding hydrogens is 274 g/mol. The Morgan fingerprint density at radius 3 is 2.33 bits per heavy atom. The SMILES string of the molecule is CCC1CN(C(=O)NC(=O)C(C)=C(C)C(=O)O)CCN1C. The van der Waals surface area contributed by atoms with Crippen LogP contribution in [0.4, 0.5) is 4.79 Å². The van der Waals surface area contributed by atoms with Crippen molar-refractivity contribution >= 4 is 17.9 Å². The lowest BCUT2D eigenvalue weighted by Gasteiger charge is -2.38. The lowest BCUT2D eigenvalue weighted by Crippen LogP contribution is -2.56. The van der Waals surface area contributed by atoms with Crippen LogP contribution in [-0.2, 0) is 9.59 Å². The van der Waals surface area contributed by atoms with E-state index in [0.29, 0.717) is 13.1 Å². The molecule has 0 aliphatic carbocycles. The minimum Gasteiger partial charge on any atom is -0.478 e. The summed E-state index contributed by atoms with van der Waals surface area (Å²) in [6.45, 7) is 6.65. The summed E-state index contributed by atoms with van der Waals surface area (Å²) >= 11 is 0. The standard InChI is InChI=1S/C14H23N3O4/c1-5-11-8-17(7-6-16(11)4)14(21)15-12(18)9(2)10(3)13(19)20/h11H,5-8H2,1-4H3,(H,19,20)(H,15,18,21). The Labute approximate surface area is 124 Å². The summed E-state index contributed by atoms with van der Waals surface area (Å²) in [6, 6.07) is -0.193. The monoisotopic (exact) mass is 297 g/mol. The van der Waals surface area contributed by atoms with Gasteiger partial charge in [-0.1, -0.05) is 6.92 Å². The lowest BCUT2D eigenvalue weighted by atomic mass is 10.1. The second kappa shape index (κ2) is 7.21. The smallest absolute Gasteiger partial charge is 0.331 e. The van der Waals surface area contributed by atoms with Gasteiger partial charge in [0.1, 0.15) is 0 Å². The first-order valence-corrected chi connectivity index (χ1v) is 6.99. The van der Waals surface area contributed by atoms with Crippen LogP contribution in [0.25, 0.3) is 0 Å². The van der Waals surface area contributed by atoms with E-state index in [-0.39, 0.29) is 17.2 Å². The third-order valence-electron chi connectivity index (χ3n) is 3.98. The number of aliphatic carboxylic acids is 1. The number of amides is 3. The molecule has 1 aliphatic rings. The second-order valence-electron chi connectivity index (χ2n) is 5.30. The minimum absolute atomic E-state index is 0.0389. The number of imide groups is 1. The van der Waals surface area contributed by atoms with Gasteiger partial charge in [0, 0.05) is 36.8 Å². The zero-order valence-corrected chi connectivity index (χ0v) is 13.0. The summed E-state index contributed by atoms with van der Waals surface area (Å²) in [5.41, 5.74) is -0.0258. The zero-order valence-electron chi connectivity index (χ0n) is 13.0. The number of carbonyl (C=O) groups is 3. The maximum Gasteiger partial charge on any atom is 0.331 e. The van der Waals surface area contributed by atoms with Crippen LogP contribution in [0.15, 0.2) is 11.1 Å². The molecule has 0 saturated carbocycles. The molecule has 21 heavy (non-hydrogen) atoms. The van der Waals surface area contributed by atoms with E-state index >= 15 is 0 Å². The van der Waals surface area contributed by atoms with Crippen molar-refractivity contribution < 1.29 is 19.5 Å². The number of nitrogens with zero attached hydrogens (tertiary/aromatic N) is 2. The van der Waals surface area contributed by atoms with E-state index in [0.717, 1.165) is 13.0 Å². The Bertz CT molecular complexity index is 473. The molecule has 0 spiro atoms. The van der Waals surface area contributed by atoms with Crippen molar-refractivity contribution in [2.45, 2.75) is 33.2 Å². The Kier molecular flexibility index (Phi) is 5.90. The topological polar surface area (TPSA) is 90.0 Å². The van der Waals surface area contributed by atoms with Gasteiger partial charge >= 0.3 is 12.0 Å². The predicted molar refractivity (Wildman–Crippen MR) is 77.8 cm³/mol. The quantitative estimate of drug-likeness (QED) is 0.747. The van der Waals surface area contributed by atoms with Crippen molar-refractivity contribution in [1.29, 1.82) is 0 Å². The fourth-order valence-electron chi connectivity index (χ4n) is 2.17. The highest BCUT2D eigenvalue weighted by Gasteiger charge is 2.27. The molecule has 1 saturated heterocycles. The number of rotatable bonds is 3. The number of hydrogen-bond donors (Lipinski definition) is 2. The highest BCUT2D eigenvalue weighted by molar-refractivity contribution is 6.07. The third-order valence-corrected chi connectivity index (χ3v) is 3.98. The molecule has 0 aromatic carbocycles. The summed E-state index contributed by atoms with van der Waals surface area (Å²) in [5, 5.41) is 11.1. The van der Waals surface area contributed by atoms with E-state index in [1.54, 1.807) is 4.90 Å². The van der Waals surface area contributed by atoms with E-state index < -0.39 is 17.9 Å². The molecule has 1 rings (SSSR count). The zero-order chi connectivity index (χ0) is 16.2. The molecule has 1 unspecified atom stereocenters. The maximum atomic E-state index is 12.1. The number of carboxylic acid groups (broad SMARTS) is 1. The van der Waals surface area contributed by atoms with E-state index in [2.05, 4.69) is 17.1 Å². The first-order valence-electron chi connectivity index (χ1n) is 6.99. The molecule has 1 heterocycles. The van der Waals surface area contributed by atoms with E-state index in [9.17, 15) is 14.4 Å². The fourth-order valence-corrected chi connectivity index (χ4v) is 2.17. The molecule has 0 aromatic rings. The summed E-state index contributed by atoms with van der Waals surface area (Å²) in [6.07, 6.45) is 0.922. The molecule has 1 aliphatic heterocycles. The largest absolute Gasteiger partial charge is 0.478 e. The molecule has 0 bridgehead atoms. The first kappa shape index (κ1) is 17.2. The summed E-state index contributed by atoms with van der Waals surface area (Å²) in [5.74, 6) is -1.83. The van der Waals surface area contributed by atoms with E-state index in [1.165, 1.54) is 13.8 Å². The molecule has 1 atom stereocenters. The van der Waals surface area contributed by atoms with Crippen molar-refractivity contribution in [3.63, 3.8) is 0 Å². The van der Waals surface area contributed by atoms with Gasteiger partial charge in [0.2, 0.25) is 0 Å². The third kappa shape index (κ3) is 4.29. The number of hydrogen-bond acceptors (Lipinski definition) is 4. The van der Waals surface area contributed by atoms with Crippen LogP contribution in [-0.4, -0.2) is 65.5 Å². The van der Waals surface area contributed by atoms with Crippen LogP contribution in [0, 0.1) is 0 Å². The van der Waals surface area contributed by atoms with Crippen molar-refractivity contribution in [2.24, 2.45) is 0 Å². The Morgan fingerprint density at radius 2 is 1.81 bits per heavy atom. The molecule has 2 N–H and O–H groups in total. The number of urea groups is 1. The van der Waals surface area contributed by atoms with Crippen LogP contribution in [0.3, 0.4) is 0 Å². The second-order valence-corrected chi connectivity index (χ2v) is 5.30. The van der Waals surface area contributed by atoms with Gasteiger partial charge in [-0.2, -0.15) is 0 Å². The number of nitrogens with one attached hydrogen (secondary N) is 1. The predicted octanol–water partition coefficient (Wildman–Crippen LogP) is 0.670. The molecule has 0 aromatic heterocycles. The molecular formula is C14H23N3O4. The van der Waals surface area contributed by atoms with Gasteiger partial charge in [-0.15, -0.1) is 0 Å². The first-order chi connectivity index (χ1) is 9.77. The van der Waals surface area contributed by atoms with Gasteiger partial charge in [-0.3, -0.25) is 15.0 Å². The van der Waals surface area contributed by atoms with Gasteiger partial charge in [-0.25, -0.2) is 9.59 Å². The Morgan fingerprint density at radius 1 is 1.19 bits per heavy atom. The summed E-state index contributed by atoms with van der Waals surface area (Å²) in [4.78, 5) is 38.5. The summed E-state index contributed by atoms with van der Waals surface area (Å²) in [7, 11) is 2.01. The van der Waals surface area contributed by atoms with Crippen molar-refractivity contribution in [3.05, 3.63) is 11.1 Å². The Balaban J connectivity index is 2.67. The molecule has 118 valence electrons. The van der Waals surface area contributed by atoms with Crippen LogP contribution >= 0.6 is 0 Å². The fraction of sp³-hybridized carbons (Fsp3) is 0.643. The van der Waals surface area contributed by atoms with Gasteiger partial charge in [0.05, 0.1) is 0 Å². The summed E-state index contributed by atoms with van der Waals surface area (Å²) < 4.78 is 0. The van der Waals surface area contributed by atoms with Crippen molar-refractivity contribution in [2.75, 3.05) is 26.7 Å². The Hall–Kier alpha value is -1.89. The molecule has 7 heteroatoms. The number of piperazine rings is 1.